The molecule has 0 aliphatic rings. The summed E-state index contributed by atoms with van der Waals surface area (Å²) in [6.45, 7) is 1.20. The highest BCUT2D eigenvalue weighted by atomic mass is 16.5. The third-order valence-corrected chi connectivity index (χ3v) is 5.90. The minimum atomic E-state index is 0.000788. The molecule has 6 heteroatoms. The first-order valence-corrected chi connectivity index (χ1v) is 11.3. The summed E-state index contributed by atoms with van der Waals surface area (Å²) in [6, 6.07) is 21.9. The van der Waals surface area contributed by atoms with E-state index in [9.17, 15) is 4.79 Å². The molecule has 0 bridgehead atoms. The zero-order chi connectivity index (χ0) is 23.9. The van der Waals surface area contributed by atoms with Crippen LogP contribution in [0.4, 0.5) is 0 Å². The molecule has 0 aliphatic heterocycles. The van der Waals surface area contributed by atoms with Gasteiger partial charge in [-0.3, -0.25) is 4.79 Å². The van der Waals surface area contributed by atoms with Gasteiger partial charge in [-0.1, -0.05) is 36.4 Å². The number of methoxy groups -OCH3 is 3. The van der Waals surface area contributed by atoms with E-state index in [-0.39, 0.29) is 5.91 Å². The summed E-state index contributed by atoms with van der Waals surface area (Å²) in [4.78, 5) is 12.8. The first-order valence-electron chi connectivity index (χ1n) is 11.3. The third-order valence-electron chi connectivity index (χ3n) is 5.90. The summed E-state index contributed by atoms with van der Waals surface area (Å²) in [7, 11) is 4.96. The smallest absolute Gasteiger partial charge is 0.224 e. The van der Waals surface area contributed by atoms with Crippen molar-refractivity contribution in [1.29, 1.82) is 0 Å². The number of carbonyl (C=O) groups is 1. The van der Waals surface area contributed by atoms with Gasteiger partial charge in [0.25, 0.3) is 0 Å². The Morgan fingerprint density at radius 3 is 2.29 bits per heavy atom. The van der Waals surface area contributed by atoms with Gasteiger partial charge in [0.15, 0.2) is 0 Å². The van der Waals surface area contributed by atoms with Crippen molar-refractivity contribution in [2.24, 2.45) is 0 Å². The number of nitrogens with zero attached hydrogens (tertiary/aromatic N) is 1. The van der Waals surface area contributed by atoms with Gasteiger partial charge in [0.05, 0.1) is 27.8 Å². The summed E-state index contributed by atoms with van der Waals surface area (Å²) in [5.41, 5.74) is 4.22. The number of rotatable bonds is 10. The predicted molar refractivity (Wildman–Crippen MR) is 134 cm³/mol. The fourth-order valence-electron chi connectivity index (χ4n) is 4.23. The lowest BCUT2D eigenvalue weighted by molar-refractivity contribution is -0.120. The van der Waals surface area contributed by atoms with Crippen molar-refractivity contribution in [3.05, 3.63) is 89.6 Å². The molecule has 1 heterocycles. The highest BCUT2D eigenvalue weighted by Crippen LogP contribution is 2.27. The monoisotopic (exact) mass is 458 g/mol. The summed E-state index contributed by atoms with van der Waals surface area (Å²) < 4.78 is 18.4. The summed E-state index contributed by atoms with van der Waals surface area (Å²) >= 11 is 0. The number of para-hydroxylation sites is 2. The number of carbonyl (C=O) groups excluding carboxylic acids is 1. The van der Waals surface area contributed by atoms with Crippen LogP contribution in [0.2, 0.25) is 0 Å². The zero-order valence-corrected chi connectivity index (χ0v) is 19.8. The summed E-state index contributed by atoms with van der Waals surface area (Å²) in [5, 5.41) is 4.13. The first-order chi connectivity index (χ1) is 16.6. The highest BCUT2D eigenvalue weighted by Gasteiger charge is 2.13. The number of hydrogen-bond donors (Lipinski definition) is 1. The molecular weight excluding hydrogens is 428 g/mol. The van der Waals surface area contributed by atoms with Crippen LogP contribution in [0.3, 0.4) is 0 Å². The molecule has 0 saturated heterocycles. The molecule has 0 spiro atoms. The fraction of sp³-hybridized carbons (Fsp3) is 0.250. The van der Waals surface area contributed by atoms with Gasteiger partial charge in [-0.2, -0.15) is 0 Å². The number of amides is 1. The lowest BCUT2D eigenvalue weighted by Crippen LogP contribution is -2.27. The van der Waals surface area contributed by atoms with Crippen molar-refractivity contribution in [2.75, 3.05) is 27.9 Å². The van der Waals surface area contributed by atoms with Crippen molar-refractivity contribution >= 4 is 16.8 Å². The van der Waals surface area contributed by atoms with Crippen LogP contribution in [-0.2, 0) is 24.2 Å². The maximum absolute atomic E-state index is 12.8. The van der Waals surface area contributed by atoms with Crippen LogP contribution < -0.4 is 19.5 Å². The van der Waals surface area contributed by atoms with Gasteiger partial charge in [-0.05, 0) is 47.4 Å². The Balaban J connectivity index is 1.48. The molecule has 176 valence electrons. The van der Waals surface area contributed by atoms with Gasteiger partial charge in [0.2, 0.25) is 5.91 Å². The summed E-state index contributed by atoms with van der Waals surface area (Å²) in [6.07, 6.45) is 3.10. The van der Waals surface area contributed by atoms with E-state index < -0.39 is 0 Å². The molecule has 0 atom stereocenters. The van der Waals surface area contributed by atoms with E-state index in [2.05, 4.69) is 28.2 Å². The number of ether oxygens (including phenoxy) is 3. The second kappa shape index (κ2) is 10.8. The van der Waals surface area contributed by atoms with Gasteiger partial charge < -0.3 is 24.1 Å². The number of fused-ring (bicyclic) bond motifs is 1. The molecule has 0 fully saturated rings. The van der Waals surface area contributed by atoms with Crippen LogP contribution in [0.25, 0.3) is 10.9 Å². The second-order valence-electron chi connectivity index (χ2n) is 8.11. The first kappa shape index (κ1) is 23.2. The fourth-order valence-corrected chi connectivity index (χ4v) is 4.23. The van der Waals surface area contributed by atoms with Crippen molar-refractivity contribution < 1.29 is 19.0 Å². The Kier molecular flexibility index (Phi) is 7.38. The minimum absolute atomic E-state index is 0.000788. The molecule has 0 saturated carbocycles. The molecule has 4 aromatic rings. The molecule has 0 aliphatic carbocycles. The van der Waals surface area contributed by atoms with Gasteiger partial charge in [0.1, 0.15) is 17.2 Å². The van der Waals surface area contributed by atoms with E-state index in [1.807, 2.05) is 54.6 Å². The van der Waals surface area contributed by atoms with E-state index in [1.165, 1.54) is 0 Å². The maximum atomic E-state index is 12.8. The lowest BCUT2D eigenvalue weighted by Gasteiger charge is -2.10. The Bertz CT molecular complexity index is 1260. The summed E-state index contributed by atoms with van der Waals surface area (Å²) in [5.74, 6) is 2.34. The van der Waals surface area contributed by atoms with E-state index in [0.717, 1.165) is 51.3 Å². The van der Waals surface area contributed by atoms with Gasteiger partial charge in [0, 0.05) is 36.3 Å². The zero-order valence-electron chi connectivity index (χ0n) is 19.8. The van der Waals surface area contributed by atoms with Gasteiger partial charge >= 0.3 is 0 Å². The Morgan fingerprint density at radius 2 is 1.56 bits per heavy atom. The molecule has 1 N–H and O–H groups in total. The van der Waals surface area contributed by atoms with Crippen LogP contribution in [0.5, 0.6) is 17.2 Å². The molecular formula is C28H30N2O4. The van der Waals surface area contributed by atoms with Crippen LogP contribution >= 0.6 is 0 Å². The highest BCUT2D eigenvalue weighted by molar-refractivity contribution is 5.89. The quantitative estimate of drug-likeness (QED) is 0.377. The van der Waals surface area contributed by atoms with Crippen LogP contribution in [-0.4, -0.2) is 38.3 Å². The van der Waals surface area contributed by atoms with E-state index in [4.69, 9.17) is 14.2 Å². The van der Waals surface area contributed by atoms with Crippen LogP contribution in [0, 0.1) is 0 Å². The van der Waals surface area contributed by atoms with Crippen molar-refractivity contribution in [3.8, 4) is 17.2 Å². The molecule has 1 amide bonds. The number of benzene rings is 3. The molecule has 0 radical (unpaired) electrons. The normalized spacial score (nSPS) is 10.8. The molecule has 0 unspecified atom stereocenters. The number of hydrogen-bond acceptors (Lipinski definition) is 4. The van der Waals surface area contributed by atoms with E-state index in [1.54, 1.807) is 21.3 Å². The molecule has 34 heavy (non-hydrogen) atoms. The lowest BCUT2D eigenvalue weighted by atomic mass is 10.1. The maximum Gasteiger partial charge on any atom is 0.224 e. The van der Waals surface area contributed by atoms with Gasteiger partial charge in [-0.25, -0.2) is 0 Å². The molecule has 1 aromatic heterocycles. The van der Waals surface area contributed by atoms with E-state index >= 15 is 0 Å². The standard InChI is InChI=1S/C28H30N2O4/c1-32-23-14-20(15-24(17-23)33-2)18-30-19-22(25-9-5-6-10-26(25)30)16-28(31)29-13-12-21-8-4-7-11-27(21)34-3/h4-11,14-15,17,19H,12-13,16,18H2,1-3H3,(H,29,31). The average molecular weight is 459 g/mol. The predicted octanol–water partition coefficient (Wildman–Crippen LogP) is 4.62. The minimum Gasteiger partial charge on any atom is -0.497 e. The average Bonchev–Trinajstić information content (AvgIpc) is 3.20. The molecule has 3 aromatic carbocycles. The molecule has 4 rings (SSSR count). The Morgan fingerprint density at radius 1 is 0.853 bits per heavy atom. The van der Waals surface area contributed by atoms with E-state index in [0.29, 0.717) is 19.5 Å². The topological polar surface area (TPSA) is 61.7 Å². The Hall–Kier alpha value is -3.93. The number of nitrogens with one attached hydrogen (secondary N) is 1. The molecule has 6 nitrogen and oxygen atoms in total. The van der Waals surface area contributed by atoms with Crippen molar-refractivity contribution in [3.63, 3.8) is 0 Å². The second-order valence-corrected chi connectivity index (χ2v) is 8.11. The Labute approximate surface area is 200 Å². The SMILES string of the molecule is COc1cc(Cn2cc(CC(=O)NCCc3ccccc3OC)c3ccccc32)cc(OC)c1. The largest absolute Gasteiger partial charge is 0.497 e. The third kappa shape index (κ3) is 5.34. The van der Waals surface area contributed by atoms with Crippen molar-refractivity contribution in [2.45, 2.75) is 19.4 Å². The number of aromatic nitrogens is 1. The van der Waals surface area contributed by atoms with Crippen LogP contribution in [0.15, 0.2) is 72.9 Å². The van der Waals surface area contributed by atoms with Gasteiger partial charge in [-0.15, -0.1) is 0 Å². The van der Waals surface area contributed by atoms with Crippen molar-refractivity contribution in [1.82, 2.24) is 9.88 Å². The van der Waals surface area contributed by atoms with Crippen LogP contribution in [0.1, 0.15) is 16.7 Å².